The van der Waals surface area contributed by atoms with Crippen LogP contribution in [-0.4, -0.2) is 4.98 Å². The molecule has 146 valence electrons. The number of nitrogens with zero attached hydrogens (tertiary/aromatic N) is 2. The lowest BCUT2D eigenvalue weighted by atomic mass is 10.1. The molecule has 0 aliphatic heterocycles. The molecule has 0 aliphatic rings. The summed E-state index contributed by atoms with van der Waals surface area (Å²) in [5, 5.41) is 10.6. The van der Waals surface area contributed by atoms with E-state index in [4.69, 9.17) is 9.68 Å². The normalized spacial score (nSPS) is 11.2. The Labute approximate surface area is 178 Å². The Kier molecular flexibility index (Phi) is 4.62. The first-order valence-corrected chi connectivity index (χ1v) is 9.82. The van der Waals surface area contributed by atoms with E-state index in [-0.39, 0.29) is 5.43 Å². The van der Waals surface area contributed by atoms with Crippen molar-refractivity contribution < 1.29 is 4.42 Å². The van der Waals surface area contributed by atoms with Crippen LogP contribution < -0.4 is 5.43 Å². The number of hydrogen-bond donors (Lipinski definition) is 0. The summed E-state index contributed by atoms with van der Waals surface area (Å²) in [7, 11) is 0. The third-order valence-corrected chi connectivity index (χ3v) is 5.09. The zero-order valence-corrected chi connectivity index (χ0v) is 16.4. The molecule has 5 rings (SSSR count). The molecule has 5 aromatic rings. The molecule has 0 saturated heterocycles. The average molecular weight is 400 g/mol. The van der Waals surface area contributed by atoms with Crippen LogP contribution in [0, 0.1) is 11.3 Å². The number of nitriles is 1. The lowest BCUT2D eigenvalue weighted by molar-refractivity contribution is 0.619. The summed E-state index contributed by atoms with van der Waals surface area (Å²) in [4.78, 5) is 17.2. The Balaban J connectivity index is 1.49. The Morgan fingerprint density at radius 3 is 2.68 bits per heavy atom. The van der Waals surface area contributed by atoms with Crippen molar-refractivity contribution in [3.8, 4) is 17.4 Å². The van der Waals surface area contributed by atoms with E-state index in [0.29, 0.717) is 22.3 Å². The summed E-state index contributed by atoms with van der Waals surface area (Å²) < 4.78 is 5.95. The monoisotopic (exact) mass is 400 g/mol. The van der Waals surface area contributed by atoms with Crippen molar-refractivity contribution in [1.82, 2.24) is 4.98 Å². The van der Waals surface area contributed by atoms with Gasteiger partial charge < -0.3 is 4.42 Å². The van der Waals surface area contributed by atoms with E-state index < -0.39 is 0 Å². The SMILES string of the molecule is N#Cc1ccc2oc(-c3cccc(C=Cc4ccc5ccccc5n4)c3)cc(=O)c2c1. The van der Waals surface area contributed by atoms with Crippen molar-refractivity contribution in [2.45, 2.75) is 0 Å². The van der Waals surface area contributed by atoms with Gasteiger partial charge in [0.2, 0.25) is 0 Å². The highest BCUT2D eigenvalue weighted by molar-refractivity contribution is 5.82. The third kappa shape index (κ3) is 3.73. The summed E-state index contributed by atoms with van der Waals surface area (Å²) in [5.74, 6) is 0.487. The highest BCUT2D eigenvalue weighted by Crippen LogP contribution is 2.24. The summed E-state index contributed by atoms with van der Waals surface area (Å²) in [5.41, 5.74) is 4.32. The lowest BCUT2D eigenvalue weighted by Gasteiger charge is -2.05. The molecule has 0 aliphatic carbocycles. The van der Waals surface area contributed by atoms with Gasteiger partial charge in [0.15, 0.2) is 5.43 Å². The van der Waals surface area contributed by atoms with E-state index in [1.807, 2.05) is 72.8 Å². The fourth-order valence-corrected chi connectivity index (χ4v) is 3.52. The Hall–Kier alpha value is -4.49. The zero-order chi connectivity index (χ0) is 21.2. The van der Waals surface area contributed by atoms with E-state index in [1.165, 1.54) is 6.07 Å². The molecule has 4 heteroatoms. The van der Waals surface area contributed by atoms with Crippen LogP contribution in [0.15, 0.2) is 94.1 Å². The van der Waals surface area contributed by atoms with Crippen molar-refractivity contribution >= 4 is 34.0 Å². The largest absolute Gasteiger partial charge is 0.456 e. The molecule has 0 bridgehead atoms. The third-order valence-electron chi connectivity index (χ3n) is 5.09. The summed E-state index contributed by atoms with van der Waals surface area (Å²) in [6.07, 6.45) is 3.95. The van der Waals surface area contributed by atoms with Gasteiger partial charge in [-0.2, -0.15) is 5.26 Å². The molecule has 0 radical (unpaired) electrons. The Bertz CT molecular complexity index is 1570. The fraction of sp³-hybridized carbons (Fsp3) is 0. The first-order valence-electron chi connectivity index (χ1n) is 9.82. The van der Waals surface area contributed by atoms with Crippen LogP contribution in [0.4, 0.5) is 0 Å². The van der Waals surface area contributed by atoms with Gasteiger partial charge in [-0.05, 0) is 48.0 Å². The van der Waals surface area contributed by atoms with E-state index >= 15 is 0 Å². The number of aromatic nitrogens is 1. The molecule has 0 atom stereocenters. The van der Waals surface area contributed by atoms with Gasteiger partial charge in [0.25, 0.3) is 0 Å². The lowest BCUT2D eigenvalue weighted by Crippen LogP contribution is -2.00. The van der Waals surface area contributed by atoms with Gasteiger partial charge in [-0.3, -0.25) is 4.79 Å². The van der Waals surface area contributed by atoms with Crippen LogP contribution in [-0.2, 0) is 0 Å². The average Bonchev–Trinajstić information content (AvgIpc) is 2.82. The van der Waals surface area contributed by atoms with Crippen molar-refractivity contribution in [3.05, 3.63) is 112 Å². The van der Waals surface area contributed by atoms with Crippen LogP contribution in [0.1, 0.15) is 16.8 Å². The second-order valence-corrected chi connectivity index (χ2v) is 7.19. The highest BCUT2D eigenvalue weighted by atomic mass is 16.3. The minimum Gasteiger partial charge on any atom is -0.456 e. The molecule has 2 aromatic heterocycles. The van der Waals surface area contributed by atoms with Gasteiger partial charge in [0.05, 0.1) is 28.2 Å². The number of rotatable bonds is 3. The maximum atomic E-state index is 12.6. The van der Waals surface area contributed by atoms with Gasteiger partial charge in [0, 0.05) is 17.0 Å². The Morgan fingerprint density at radius 2 is 1.77 bits per heavy atom. The predicted molar refractivity (Wildman–Crippen MR) is 123 cm³/mol. The molecule has 0 spiro atoms. The van der Waals surface area contributed by atoms with Crippen molar-refractivity contribution in [2.75, 3.05) is 0 Å². The number of para-hydroxylation sites is 1. The molecule has 2 heterocycles. The van der Waals surface area contributed by atoms with Crippen LogP contribution in [0.2, 0.25) is 0 Å². The maximum absolute atomic E-state index is 12.6. The van der Waals surface area contributed by atoms with E-state index in [2.05, 4.69) is 11.1 Å². The molecule has 0 amide bonds. The number of pyridine rings is 1. The molecule has 4 nitrogen and oxygen atoms in total. The van der Waals surface area contributed by atoms with Gasteiger partial charge in [-0.15, -0.1) is 0 Å². The standard InChI is InChI=1S/C27H16N2O2/c28-17-19-9-13-26-23(15-19)25(30)16-27(31-26)21-6-3-4-18(14-21)8-11-22-12-10-20-5-1-2-7-24(20)29-22/h1-16H. The minimum atomic E-state index is -0.172. The molecule has 0 unspecified atom stereocenters. The van der Waals surface area contributed by atoms with Crippen LogP contribution >= 0.6 is 0 Å². The van der Waals surface area contributed by atoms with E-state index in [9.17, 15) is 4.79 Å². The molecule has 0 fully saturated rings. The van der Waals surface area contributed by atoms with Gasteiger partial charge in [0.1, 0.15) is 11.3 Å². The van der Waals surface area contributed by atoms with Crippen LogP contribution in [0.5, 0.6) is 0 Å². The van der Waals surface area contributed by atoms with E-state index in [1.54, 1.807) is 18.2 Å². The van der Waals surface area contributed by atoms with Crippen LogP contribution in [0.25, 0.3) is 45.3 Å². The quantitative estimate of drug-likeness (QED) is 0.370. The number of benzene rings is 3. The summed E-state index contributed by atoms with van der Waals surface area (Å²) in [6, 6.07) is 28.2. The molecule has 3 aromatic carbocycles. The molecular weight excluding hydrogens is 384 g/mol. The first-order chi connectivity index (χ1) is 15.2. The highest BCUT2D eigenvalue weighted by Gasteiger charge is 2.08. The second-order valence-electron chi connectivity index (χ2n) is 7.19. The minimum absolute atomic E-state index is 0.172. The zero-order valence-electron chi connectivity index (χ0n) is 16.4. The fourth-order valence-electron chi connectivity index (χ4n) is 3.52. The van der Waals surface area contributed by atoms with Gasteiger partial charge in [-0.25, -0.2) is 4.98 Å². The molecule has 31 heavy (non-hydrogen) atoms. The van der Waals surface area contributed by atoms with Crippen molar-refractivity contribution in [2.24, 2.45) is 0 Å². The van der Waals surface area contributed by atoms with Gasteiger partial charge >= 0.3 is 0 Å². The first kappa shape index (κ1) is 18.5. The molecule has 0 N–H and O–H groups in total. The number of fused-ring (bicyclic) bond motifs is 2. The molecule has 0 saturated carbocycles. The number of hydrogen-bond acceptors (Lipinski definition) is 4. The van der Waals surface area contributed by atoms with Crippen molar-refractivity contribution in [3.63, 3.8) is 0 Å². The van der Waals surface area contributed by atoms with Crippen molar-refractivity contribution in [1.29, 1.82) is 5.26 Å². The summed E-state index contributed by atoms with van der Waals surface area (Å²) >= 11 is 0. The summed E-state index contributed by atoms with van der Waals surface area (Å²) in [6.45, 7) is 0. The second kappa shape index (κ2) is 7.74. The van der Waals surface area contributed by atoms with Crippen LogP contribution in [0.3, 0.4) is 0 Å². The van der Waals surface area contributed by atoms with Gasteiger partial charge in [-0.1, -0.05) is 48.5 Å². The predicted octanol–water partition coefficient (Wildman–Crippen LogP) is 6.05. The molecular formula is C27H16N2O2. The Morgan fingerprint density at radius 1 is 0.871 bits per heavy atom. The topological polar surface area (TPSA) is 66.9 Å². The maximum Gasteiger partial charge on any atom is 0.193 e. The smallest absolute Gasteiger partial charge is 0.193 e. The van der Waals surface area contributed by atoms with E-state index in [0.717, 1.165) is 27.7 Å².